The van der Waals surface area contributed by atoms with Crippen LogP contribution in [0.3, 0.4) is 0 Å². The summed E-state index contributed by atoms with van der Waals surface area (Å²) in [6.45, 7) is 11.2. The summed E-state index contributed by atoms with van der Waals surface area (Å²) in [6, 6.07) is 3.51. The second-order valence-corrected chi connectivity index (χ2v) is 8.49. The van der Waals surface area contributed by atoms with Gasteiger partial charge in [0.15, 0.2) is 0 Å². The molecule has 4 rings (SSSR count). The molecule has 0 aromatic carbocycles. The third-order valence-electron chi connectivity index (χ3n) is 5.31. The zero-order chi connectivity index (χ0) is 17.6. The monoisotopic (exact) mass is 341 g/mol. The summed E-state index contributed by atoms with van der Waals surface area (Å²) >= 11 is 0. The highest BCUT2D eigenvalue weighted by Crippen LogP contribution is 2.24. The van der Waals surface area contributed by atoms with E-state index in [0.29, 0.717) is 12.5 Å². The van der Waals surface area contributed by atoms with Gasteiger partial charge in [0.2, 0.25) is 0 Å². The summed E-state index contributed by atoms with van der Waals surface area (Å²) in [5, 5.41) is 9.06. The van der Waals surface area contributed by atoms with Crippen molar-refractivity contribution in [1.29, 1.82) is 0 Å². The molecule has 0 radical (unpaired) electrons. The maximum atomic E-state index is 12.1. The molecule has 1 fully saturated rings. The van der Waals surface area contributed by atoms with Crippen molar-refractivity contribution in [3.05, 3.63) is 45.6 Å². The highest BCUT2D eigenvalue weighted by atomic mass is 16.1. The highest BCUT2D eigenvalue weighted by molar-refractivity contribution is 5.20. The van der Waals surface area contributed by atoms with Crippen molar-refractivity contribution in [2.45, 2.75) is 58.7 Å². The van der Waals surface area contributed by atoms with Crippen molar-refractivity contribution in [2.24, 2.45) is 5.92 Å². The molecule has 0 saturated carbocycles. The first kappa shape index (κ1) is 16.5. The number of hydrogen-bond donors (Lipinski definition) is 0. The fourth-order valence-corrected chi connectivity index (χ4v) is 3.85. The van der Waals surface area contributed by atoms with Crippen LogP contribution in [0, 0.1) is 5.92 Å². The van der Waals surface area contributed by atoms with Crippen LogP contribution in [0.1, 0.15) is 44.1 Å². The Balaban J connectivity index is 1.36. The Bertz CT molecular complexity index is 823. The highest BCUT2D eigenvalue weighted by Gasteiger charge is 2.29. The predicted octanol–water partition coefficient (Wildman–Crippen LogP) is 1.82. The number of aryl methyl sites for hydroxylation is 1. The van der Waals surface area contributed by atoms with Gasteiger partial charge in [0, 0.05) is 54.8 Å². The summed E-state index contributed by atoms with van der Waals surface area (Å²) in [7, 11) is 0. The summed E-state index contributed by atoms with van der Waals surface area (Å²) in [6.07, 6.45) is 4.41. The van der Waals surface area contributed by atoms with Crippen LogP contribution in [-0.2, 0) is 31.5 Å². The van der Waals surface area contributed by atoms with Gasteiger partial charge in [0.1, 0.15) is 0 Å². The van der Waals surface area contributed by atoms with Crippen LogP contribution in [-0.4, -0.2) is 37.6 Å². The minimum Gasteiger partial charge on any atom is -0.298 e. The lowest BCUT2D eigenvalue weighted by Crippen LogP contribution is -2.49. The molecule has 134 valence electrons. The molecule has 2 aliphatic heterocycles. The Labute approximate surface area is 148 Å². The minimum absolute atomic E-state index is 0.000837. The van der Waals surface area contributed by atoms with E-state index in [4.69, 9.17) is 0 Å². The first-order valence-electron chi connectivity index (χ1n) is 9.25. The van der Waals surface area contributed by atoms with Crippen LogP contribution in [0.4, 0.5) is 0 Å². The summed E-state index contributed by atoms with van der Waals surface area (Å²) in [5.74, 6) is 0.504. The first-order valence-corrected chi connectivity index (χ1v) is 9.25. The van der Waals surface area contributed by atoms with Gasteiger partial charge in [-0.15, -0.1) is 0 Å². The van der Waals surface area contributed by atoms with E-state index in [1.54, 1.807) is 10.7 Å². The second-order valence-electron chi connectivity index (χ2n) is 8.49. The van der Waals surface area contributed by atoms with E-state index in [1.807, 2.05) is 12.3 Å². The molecule has 4 heterocycles. The molecule has 2 aromatic rings. The summed E-state index contributed by atoms with van der Waals surface area (Å²) in [5.41, 5.74) is 3.73. The molecule has 6 heteroatoms. The van der Waals surface area contributed by atoms with Crippen molar-refractivity contribution in [2.75, 3.05) is 13.1 Å². The quantitative estimate of drug-likeness (QED) is 0.851. The van der Waals surface area contributed by atoms with Crippen LogP contribution in [0.5, 0.6) is 0 Å². The molecule has 2 aliphatic rings. The molecule has 25 heavy (non-hydrogen) atoms. The van der Waals surface area contributed by atoms with E-state index < -0.39 is 0 Å². The molecule has 0 aliphatic carbocycles. The number of fused-ring (bicyclic) bond motifs is 1. The molecule has 0 amide bonds. The molecule has 0 bridgehead atoms. The fourth-order valence-electron chi connectivity index (χ4n) is 3.85. The van der Waals surface area contributed by atoms with Gasteiger partial charge in [-0.3, -0.25) is 14.4 Å². The van der Waals surface area contributed by atoms with E-state index in [1.165, 1.54) is 17.7 Å². The van der Waals surface area contributed by atoms with Crippen molar-refractivity contribution < 1.29 is 0 Å². The predicted molar refractivity (Wildman–Crippen MR) is 96.5 cm³/mol. The third-order valence-corrected chi connectivity index (χ3v) is 5.31. The lowest BCUT2D eigenvalue weighted by Gasteiger charge is -2.39. The maximum absolute atomic E-state index is 12.1. The Morgan fingerprint density at radius 2 is 2.04 bits per heavy atom. The van der Waals surface area contributed by atoms with Gasteiger partial charge in [-0.05, 0) is 18.9 Å². The van der Waals surface area contributed by atoms with E-state index in [9.17, 15) is 4.79 Å². The topological polar surface area (TPSA) is 56.0 Å². The zero-order valence-corrected chi connectivity index (χ0v) is 15.4. The molecule has 0 spiro atoms. The minimum atomic E-state index is -0.0378. The van der Waals surface area contributed by atoms with Crippen LogP contribution >= 0.6 is 0 Å². The number of likely N-dealkylation sites (tertiary alicyclic amines) is 1. The fraction of sp³-hybridized carbons (Fsp3) is 0.632. The van der Waals surface area contributed by atoms with E-state index in [-0.39, 0.29) is 11.0 Å². The molecule has 0 N–H and O–H groups in total. The van der Waals surface area contributed by atoms with Gasteiger partial charge in [-0.25, -0.2) is 4.68 Å². The number of hydrogen-bond acceptors (Lipinski definition) is 4. The molecule has 6 nitrogen and oxygen atoms in total. The van der Waals surface area contributed by atoms with E-state index in [2.05, 4.69) is 40.6 Å². The molecule has 0 atom stereocenters. The molecular weight excluding hydrogens is 314 g/mol. The third kappa shape index (κ3) is 3.27. The molecule has 2 aromatic heterocycles. The Morgan fingerprint density at radius 3 is 2.80 bits per heavy atom. The van der Waals surface area contributed by atoms with Gasteiger partial charge in [-0.2, -0.15) is 10.2 Å². The van der Waals surface area contributed by atoms with Crippen LogP contribution in [0.25, 0.3) is 0 Å². The van der Waals surface area contributed by atoms with Crippen molar-refractivity contribution in [3.8, 4) is 0 Å². The van der Waals surface area contributed by atoms with E-state index in [0.717, 1.165) is 38.3 Å². The summed E-state index contributed by atoms with van der Waals surface area (Å²) in [4.78, 5) is 14.6. The van der Waals surface area contributed by atoms with E-state index >= 15 is 0 Å². The molecule has 0 unspecified atom stereocenters. The van der Waals surface area contributed by atoms with Crippen molar-refractivity contribution in [1.82, 2.24) is 24.5 Å². The second kappa shape index (κ2) is 6.09. The number of aromatic nitrogens is 4. The lowest BCUT2D eigenvalue weighted by atomic mass is 9.92. The standard InChI is InChI=1S/C19H27N5O/c1-19(2,3)17-6-7-18(25)24(21-17)12-14-10-22(11-14)13-15-9-20-23-8-4-5-16(15)23/h6-7,9,14H,4-5,8,10-13H2,1-3H3. The van der Waals surface area contributed by atoms with Gasteiger partial charge in [0.05, 0.1) is 18.4 Å². The Kier molecular flexibility index (Phi) is 4.02. The Morgan fingerprint density at radius 1 is 1.24 bits per heavy atom. The van der Waals surface area contributed by atoms with Crippen LogP contribution < -0.4 is 5.56 Å². The molecule has 1 saturated heterocycles. The number of rotatable bonds is 4. The van der Waals surface area contributed by atoms with Gasteiger partial charge in [-0.1, -0.05) is 20.8 Å². The SMILES string of the molecule is CC(C)(C)c1ccc(=O)n(CC2CN(Cc3cnn4c3CCC4)C2)n1. The molecular formula is C19H27N5O. The van der Waals surface area contributed by atoms with Crippen LogP contribution in [0.15, 0.2) is 23.1 Å². The first-order chi connectivity index (χ1) is 11.9. The average Bonchev–Trinajstić information content (AvgIpc) is 3.10. The number of nitrogens with zero attached hydrogens (tertiary/aromatic N) is 5. The lowest BCUT2D eigenvalue weighted by molar-refractivity contribution is 0.0761. The zero-order valence-electron chi connectivity index (χ0n) is 15.4. The van der Waals surface area contributed by atoms with Gasteiger partial charge in [0.25, 0.3) is 5.56 Å². The van der Waals surface area contributed by atoms with Crippen molar-refractivity contribution in [3.63, 3.8) is 0 Å². The smallest absolute Gasteiger partial charge is 0.266 e. The normalized spacial score (nSPS) is 18.4. The van der Waals surface area contributed by atoms with Crippen molar-refractivity contribution >= 4 is 0 Å². The van der Waals surface area contributed by atoms with Crippen LogP contribution in [0.2, 0.25) is 0 Å². The summed E-state index contributed by atoms with van der Waals surface area (Å²) < 4.78 is 3.80. The average molecular weight is 341 g/mol. The van der Waals surface area contributed by atoms with Gasteiger partial charge >= 0.3 is 0 Å². The maximum Gasteiger partial charge on any atom is 0.266 e. The Hall–Kier alpha value is -1.95. The van der Waals surface area contributed by atoms with Gasteiger partial charge < -0.3 is 0 Å². The largest absolute Gasteiger partial charge is 0.298 e.